The first-order valence-electron chi connectivity index (χ1n) is 10.5. The van der Waals surface area contributed by atoms with Crippen LogP contribution in [0.3, 0.4) is 0 Å². The standard InChI is InChI=1S/C23H30N4O4/c1-16(28)24-17-7-5-8-18(15-17)25-21(29)20-9-6-12-27(20)19-10-13-26(14-11-19)22(30)31-23(2,3)4/h5-9,12,15,19H,10-11,13-14H2,1-4H3,(H,24,28)(H,25,29). The Kier molecular flexibility index (Phi) is 6.68. The molecule has 1 aliphatic rings. The molecule has 8 nitrogen and oxygen atoms in total. The maximum Gasteiger partial charge on any atom is 0.410 e. The third-order valence-corrected chi connectivity index (χ3v) is 4.96. The van der Waals surface area contributed by atoms with Crippen LogP contribution in [0.5, 0.6) is 0 Å². The molecule has 1 aromatic carbocycles. The first kappa shape index (κ1) is 22.4. The minimum absolute atomic E-state index is 0.125. The van der Waals surface area contributed by atoms with E-state index >= 15 is 0 Å². The number of hydrogen-bond donors (Lipinski definition) is 2. The van der Waals surface area contributed by atoms with Crippen LogP contribution in [0.1, 0.15) is 57.1 Å². The van der Waals surface area contributed by atoms with Crippen molar-refractivity contribution in [3.63, 3.8) is 0 Å². The maximum atomic E-state index is 12.9. The van der Waals surface area contributed by atoms with Gasteiger partial charge in [0.25, 0.3) is 5.91 Å². The third kappa shape index (κ3) is 6.10. The molecular formula is C23H30N4O4. The van der Waals surface area contributed by atoms with Crippen LogP contribution in [0.15, 0.2) is 42.6 Å². The van der Waals surface area contributed by atoms with Gasteiger partial charge in [0, 0.05) is 43.6 Å². The van der Waals surface area contributed by atoms with Gasteiger partial charge in [0.15, 0.2) is 0 Å². The predicted molar refractivity (Wildman–Crippen MR) is 119 cm³/mol. The van der Waals surface area contributed by atoms with Crippen molar-refractivity contribution in [3.8, 4) is 0 Å². The molecule has 31 heavy (non-hydrogen) atoms. The molecule has 166 valence electrons. The van der Waals surface area contributed by atoms with Crippen LogP contribution in [0.2, 0.25) is 0 Å². The molecule has 0 spiro atoms. The number of piperidine rings is 1. The van der Waals surface area contributed by atoms with Crippen molar-refractivity contribution in [1.82, 2.24) is 9.47 Å². The van der Waals surface area contributed by atoms with E-state index in [1.165, 1.54) is 6.92 Å². The van der Waals surface area contributed by atoms with Crippen molar-refractivity contribution in [2.24, 2.45) is 0 Å². The zero-order chi connectivity index (χ0) is 22.6. The van der Waals surface area contributed by atoms with Crippen LogP contribution in [-0.4, -0.2) is 46.1 Å². The number of amides is 3. The van der Waals surface area contributed by atoms with Crippen LogP contribution < -0.4 is 10.6 Å². The van der Waals surface area contributed by atoms with E-state index in [9.17, 15) is 14.4 Å². The fourth-order valence-corrected chi connectivity index (χ4v) is 3.63. The zero-order valence-electron chi connectivity index (χ0n) is 18.5. The number of aromatic nitrogens is 1. The second-order valence-corrected chi connectivity index (χ2v) is 8.72. The van der Waals surface area contributed by atoms with Gasteiger partial charge < -0.3 is 24.8 Å². The normalized spacial score (nSPS) is 14.8. The summed E-state index contributed by atoms with van der Waals surface area (Å²) in [7, 11) is 0. The summed E-state index contributed by atoms with van der Waals surface area (Å²) in [4.78, 5) is 38.2. The van der Waals surface area contributed by atoms with Gasteiger partial charge in [-0.2, -0.15) is 0 Å². The monoisotopic (exact) mass is 426 g/mol. The van der Waals surface area contributed by atoms with Crippen molar-refractivity contribution in [2.45, 2.75) is 52.2 Å². The second-order valence-electron chi connectivity index (χ2n) is 8.72. The largest absolute Gasteiger partial charge is 0.444 e. The van der Waals surface area contributed by atoms with Gasteiger partial charge in [-0.1, -0.05) is 6.07 Å². The smallest absolute Gasteiger partial charge is 0.410 e. The Morgan fingerprint density at radius 2 is 1.65 bits per heavy atom. The second kappa shape index (κ2) is 9.24. The summed E-state index contributed by atoms with van der Waals surface area (Å²) >= 11 is 0. The van der Waals surface area contributed by atoms with Crippen LogP contribution in [0.25, 0.3) is 0 Å². The first-order chi connectivity index (χ1) is 14.6. The fraction of sp³-hybridized carbons (Fsp3) is 0.435. The van der Waals surface area contributed by atoms with Crippen molar-refractivity contribution in [3.05, 3.63) is 48.3 Å². The summed E-state index contributed by atoms with van der Waals surface area (Å²) in [6.45, 7) is 8.16. The molecular weight excluding hydrogens is 396 g/mol. The van der Waals surface area contributed by atoms with Gasteiger partial charge in [0.1, 0.15) is 11.3 Å². The molecule has 0 radical (unpaired) electrons. The van der Waals surface area contributed by atoms with Crippen LogP contribution in [-0.2, 0) is 9.53 Å². The highest BCUT2D eigenvalue weighted by molar-refractivity contribution is 6.03. The Morgan fingerprint density at radius 1 is 1.00 bits per heavy atom. The minimum atomic E-state index is -0.517. The van der Waals surface area contributed by atoms with Gasteiger partial charge >= 0.3 is 6.09 Å². The van der Waals surface area contributed by atoms with E-state index in [2.05, 4.69) is 10.6 Å². The third-order valence-electron chi connectivity index (χ3n) is 4.96. The molecule has 8 heteroatoms. The van der Waals surface area contributed by atoms with E-state index in [-0.39, 0.29) is 23.9 Å². The Hall–Kier alpha value is -3.29. The molecule has 1 saturated heterocycles. The number of carbonyl (C=O) groups excluding carboxylic acids is 3. The number of benzene rings is 1. The molecule has 0 saturated carbocycles. The zero-order valence-corrected chi connectivity index (χ0v) is 18.5. The number of nitrogens with one attached hydrogen (secondary N) is 2. The fourth-order valence-electron chi connectivity index (χ4n) is 3.63. The lowest BCUT2D eigenvalue weighted by Crippen LogP contribution is -2.42. The molecule has 1 aromatic heterocycles. The van der Waals surface area contributed by atoms with Gasteiger partial charge in [-0.25, -0.2) is 4.79 Å². The molecule has 2 aromatic rings. The molecule has 3 rings (SSSR count). The summed E-state index contributed by atoms with van der Waals surface area (Å²) in [5, 5.41) is 5.60. The SMILES string of the molecule is CC(=O)Nc1cccc(NC(=O)c2cccn2C2CCN(C(=O)OC(C)(C)C)CC2)c1. The van der Waals surface area contributed by atoms with Crippen molar-refractivity contribution < 1.29 is 19.1 Å². The molecule has 0 aliphatic carbocycles. The van der Waals surface area contributed by atoms with Gasteiger partial charge in [-0.3, -0.25) is 9.59 Å². The molecule has 1 fully saturated rings. The topological polar surface area (TPSA) is 92.7 Å². The first-order valence-corrected chi connectivity index (χ1v) is 10.5. The summed E-state index contributed by atoms with van der Waals surface area (Å²) in [6, 6.07) is 10.8. The van der Waals surface area contributed by atoms with E-state index in [4.69, 9.17) is 4.74 Å². The molecule has 0 unspecified atom stereocenters. The maximum absolute atomic E-state index is 12.9. The van der Waals surface area contributed by atoms with Gasteiger partial charge in [-0.05, 0) is 63.9 Å². The van der Waals surface area contributed by atoms with Gasteiger partial charge in [0.2, 0.25) is 5.91 Å². The van der Waals surface area contributed by atoms with E-state index in [0.717, 1.165) is 12.8 Å². The summed E-state index contributed by atoms with van der Waals surface area (Å²) in [6.07, 6.45) is 3.09. The molecule has 2 N–H and O–H groups in total. The quantitative estimate of drug-likeness (QED) is 0.764. The average molecular weight is 427 g/mol. The average Bonchev–Trinajstić information content (AvgIpc) is 3.16. The Morgan fingerprint density at radius 3 is 2.26 bits per heavy atom. The van der Waals surface area contributed by atoms with Crippen LogP contribution in [0.4, 0.5) is 16.2 Å². The number of carbonyl (C=O) groups is 3. The lowest BCUT2D eigenvalue weighted by molar-refractivity contribution is -0.114. The molecule has 0 atom stereocenters. The molecule has 3 amide bonds. The highest BCUT2D eigenvalue weighted by Crippen LogP contribution is 2.26. The Labute approximate surface area is 182 Å². The summed E-state index contributed by atoms with van der Waals surface area (Å²) in [5.74, 6) is -0.394. The molecule has 0 bridgehead atoms. The van der Waals surface area contributed by atoms with Crippen molar-refractivity contribution >= 4 is 29.3 Å². The van der Waals surface area contributed by atoms with E-state index in [1.807, 2.05) is 37.6 Å². The van der Waals surface area contributed by atoms with E-state index in [0.29, 0.717) is 30.2 Å². The molecule has 1 aliphatic heterocycles. The number of ether oxygens (including phenoxy) is 1. The highest BCUT2D eigenvalue weighted by atomic mass is 16.6. The van der Waals surface area contributed by atoms with E-state index < -0.39 is 5.60 Å². The van der Waals surface area contributed by atoms with Gasteiger partial charge in [-0.15, -0.1) is 0 Å². The lowest BCUT2D eigenvalue weighted by atomic mass is 10.0. The number of rotatable bonds is 4. The summed E-state index contributed by atoms with van der Waals surface area (Å²) < 4.78 is 7.43. The Bertz CT molecular complexity index is 952. The molecule has 2 heterocycles. The lowest BCUT2D eigenvalue weighted by Gasteiger charge is -2.34. The van der Waals surface area contributed by atoms with Crippen molar-refractivity contribution in [2.75, 3.05) is 23.7 Å². The van der Waals surface area contributed by atoms with Crippen molar-refractivity contribution in [1.29, 1.82) is 0 Å². The number of anilines is 2. The van der Waals surface area contributed by atoms with E-state index in [1.54, 1.807) is 35.2 Å². The van der Waals surface area contributed by atoms with Crippen LogP contribution >= 0.6 is 0 Å². The van der Waals surface area contributed by atoms with Crippen LogP contribution in [0, 0.1) is 0 Å². The van der Waals surface area contributed by atoms with Gasteiger partial charge in [0.05, 0.1) is 0 Å². The predicted octanol–water partition coefficient (Wildman–Crippen LogP) is 4.27. The highest BCUT2D eigenvalue weighted by Gasteiger charge is 2.28. The Balaban J connectivity index is 1.63. The summed E-state index contributed by atoms with van der Waals surface area (Å²) in [5.41, 5.74) is 1.26. The minimum Gasteiger partial charge on any atom is -0.444 e. The number of hydrogen-bond acceptors (Lipinski definition) is 4. The number of likely N-dealkylation sites (tertiary alicyclic amines) is 1. The number of nitrogens with zero attached hydrogens (tertiary/aromatic N) is 2.